The summed E-state index contributed by atoms with van der Waals surface area (Å²) in [4.78, 5) is 0. The number of methoxy groups -OCH3 is 1. The Kier molecular flexibility index (Phi) is 5.19. The highest BCUT2D eigenvalue weighted by Gasteiger charge is 2.53. The maximum atomic E-state index is 7.01. The highest BCUT2D eigenvalue weighted by molar-refractivity contribution is 6.99. The highest BCUT2D eigenvalue weighted by atomic mass is 28.4. The fraction of sp³-hybridized carbons (Fsp3) is 0.455. The van der Waals surface area contributed by atoms with Gasteiger partial charge in [-0.25, -0.2) is 0 Å². The molecule has 1 aliphatic carbocycles. The van der Waals surface area contributed by atoms with Gasteiger partial charge >= 0.3 is 0 Å². The molecule has 0 amide bonds. The second-order valence-electron chi connectivity index (χ2n) is 8.38. The molecule has 1 aliphatic rings. The van der Waals surface area contributed by atoms with Gasteiger partial charge in [0.1, 0.15) is 0 Å². The molecular formula is C22H30O2Si. The Morgan fingerprint density at radius 3 is 1.68 bits per heavy atom. The van der Waals surface area contributed by atoms with Gasteiger partial charge in [-0.05, 0) is 28.3 Å². The molecule has 2 aromatic rings. The van der Waals surface area contributed by atoms with E-state index in [-0.39, 0.29) is 10.5 Å². The number of hydrogen-bond acceptors (Lipinski definition) is 2. The van der Waals surface area contributed by atoms with E-state index in [4.69, 9.17) is 9.16 Å². The van der Waals surface area contributed by atoms with Crippen LogP contribution in [0.5, 0.6) is 0 Å². The van der Waals surface area contributed by atoms with E-state index in [1.54, 1.807) is 7.11 Å². The molecule has 0 N–H and O–H groups in total. The average molecular weight is 355 g/mol. The molecular weight excluding hydrogens is 324 g/mol. The molecule has 0 atom stereocenters. The van der Waals surface area contributed by atoms with Crippen molar-refractivity contribution in [2.45, 2.75) is 38.7 Å². The lowest BCUT2D eigenvalue weighted by Gasteiger charge is -2.43. The van der Waals surface area contributed by atoms with Crippen molar-refractivity contribution in [3.8, 4) is 0 Å². The molecule has 0 radical (unpaired) electrons. The Hall–Kier alpha value is -1.42. The summed E-state index contributed by atoms with van der Waals surface area (Å²) in [6, 6.07) is 21.7. The summed E-state index contributed by atoms with van der Waals surface area (Å²) in [5.41, 5.74) is 0.224. The summed E-state index contributed by atoms with van der Waals surface area (Å²) in [7, 11) is -0.609. The second-order valence-corrected chi connectivity index (χ2v) is 12.7. The first-order valence-corrected chi connectivity index (χ1v) is 11.1. The zero-order valence-corrected chi connectivity index (χ0v) is 16.9. The van der Waals surface area contributed by atoms with Gasteiger partial charge in [0, 0.05) is 19.1 Å². The number of hydrogen-bond donors (Lipinski definition) is 0. The largest absolute Gasteiger partial charge is 0.407 e. The van der Waals surface area contributed by atoms with Crippen molar-refractivity contribution in [2.75, 3.05) is 20.3 Å². The minimum Gasteiger partial charge on any atom is -0.407 e. The van der Waals surface area contributed by atoms with Crippen LogP contribution in [0.15, 0.2) is 60.7 Å². The first-order chi connectivity index (χ1) is 11.9. The van der Waals surface area contributed by atoms with E-state index in [1.165, 1.54) is 23.2 Å². The van der Waals surface area contributed by atoms with Crippen molar-refractivity contribution in [1.82, 2.24) is 0 Å². The van der Waals surface area contributed by atoms with Crippen LogP contribution < -0.4 is 10.4 Å². The highest BCUT2D eigenvalue weighted by Crippen LogP contribution is 2.48. The summed E-state index contributed by atoms with van der Waals surface area (Å²) in [5.74, 6) is 0. The van der Waals surface area contributed by atoms with Gasteiger partial charge in [0.2, 0.25) is 0 Å². The van der Waals surface area contributed by atoms with Crippen LogP contribution in [0.3, 0.4) is 0 Å². The molecule has 0 unspecified atom stereocenters. The normalized spacial score (nSPS) is 16.6. The quantitative estimate of drug-likeness (QED) is 0.700. The van der Waals surface area contributed by atoms with Crippen LogP contribution in [0.25, 0.3) is 0 Å². The molecule has 2 aromatic carbocycles. The molecule has 1 fully saturated rings. The first kappa shape index (κ1) is 18.4. The lowest BCUT2D eigenvalue weighted by Crippen LogP contribution is -2.67. The van der Waals surface area contributed by atoms with Crippen LogP contribution in [-0.2, 0) is 9.16 Å². The van der Waals surface area contributed by atoms with Gasteiger partial charge in [0.05, 0.1) is 6.61 Å². The number of benzene rings is 2. The SMILES string of the molecule is COCC1(CO[Si](c2ccccc2)(c2ccccc2)C(C)(C)C)CC1. The molecule has 2 nitrogen and oxygen atoms in total. The average Bonchev–Trinajstić information content (AvgIpc) is 3.36. The maximum absolute atomic E-state index is 7.01. The van der Waals surface area contributed by atoms with Crippen molar-refractivity contribution in [3.63, 3.8) is 0 Å². The number of rotatable bonds is 7. The summed E-state index contributed by atoms with van der Waals surface area (Å²) in [6.45, 7) is 8.57. The van der Waals surface area contributed by atoms with Crippen LogP contribution >= 0.6 is 0 Å². The molecule has 134 valence electrons. The zero-order valence-electron chi connectivity index (χ0n) is 15.9. The molecule has 0 aromatic heterocycles. The van der Waals surface area contributed by atoms with Crippen LogP contribution in [0.1, 0.15) is 33.6 Å². The van der Waals surface area contributed by atoms with Gasteiger partial charge in [-0.2, -0.15) is 0 Å². The minimum atomic E-state index is -2.40. The van der Waals surface area contributed by atoms with Gasteiger partial charge in [0.15, 0.2) is 0 Å². The van der Waals surface area contributed by atoms with E-state index in [0.717, 1.165) is 13.2 Å². The Bertz CT molecular complexity index is 633. The third-order valence-corrected chi connectivity index (χ3v) is 10.4. The van der Waals surface area contributed by atoms with Crippen molar-refractivity contribution < 1.29 is 9.16 Å². The predicted octanol–water partition coefficient (Wildman–Crippen LogP) is 3.99. The molecule has 25 heavy (non-hydrogen) atoms. The van der Waals surface area contributed by atoms with Crippen molar-refractivity contribution in [3.05, 3.63) is 60.7 Å². The van der Waals surface area contributed by atoms with Crippen LogP contribution in [0.4, 0.5) is 0 Å². The van der Waals surface area contributed by atoms with Gasteiger partial charge in [0.25, 0.3) is 8.32 Å². The van der Waals surface area contributed by atoms with Gasteiger partial charge in [-0.1, -0.05) is 81.4 Å². The summed E-state index contributed by atoms with van der Waals surface area (Å²) < 4.78 is 12.5. The Morgan fingerprint density at radius 1 is 0.840 bits per heavy atom. The van der Waals surface area contributed by atoms with E-state index in [1.807, 2.05) is 0 Å². The van der Waals surface area contributed by atoms with Gasteiger partial charge in [-0.15, -0.1) is 0 Å². The molecule has 0 spiro atoms. The fourth-order valence-corrected chi connectivity index (χ4v) is 8.51. The molecule has 0 aliphatic heterocycles. The van der Waals surface area contributed by atoms with E-state index >= 15 is 0 Å². The Labute approximate surface area is 153 Å². The zero-order chi connectivity index (χ0) is 18.0. The van der Waals surface area contributed by atoms with Crippen LogP contribution in [0.2, 0.25) is 5.04 Å². The predicted molar refractivity (Wildman–Crippen MR) is 107 cm³/mol. The lowest BCUT2D eigenvalue weighted by molar-refractivity contribution is 0.101. The monoisotopic (exact) mass is 354 g/mol. The molecule has 0 bridgehead atoms. The minimum absolute atomic E-state index is 0.0405. The molecule has 0 heterocycles. The Morgan fingerprint density at radius 2 is 1.32 bits per heavy atom. The Balaban J connectivity index is 2.06. The summed E-state index contributed by atoms with van der Waals surface area (Å²) in [5, 5.41) is 2.74. The summed E-state index contributed by atoms with van der Waals surface area (Å²) >= 11 is 0. The maximum Gasteiger partial charge on any atom is 0.261 e. The third kappa shape index (κ3) is 3.59. The van der Waals surface area contributed by atoms with Gasteiger partial charge < -0.3 is 9.16 Å². The topological polar surface area (TPSA) is 18.5 Å². The van der Waals surface area contributed by atoms with E-state index < -0.39 is 8.32 Å². The van der Waals surface area contributed by atoms with Gasteiger partial charge in [-0.3, -0.25) is 0 Å². The molecule has 3 rings (SSSR count). The lowest BCUT2D eigenvalue weighted by atomic mass is 10.1. The standard InChI is InChI=1S/C22H30O2Si/c1-21(2,3)25(19-11-7-5-8-12-19,20-13-9-6-10-14-20)24-18-22(15-16-22)17-23-4/h5-14H,15-18H2,1-4H3. The van der Waals surface area contributed by atoms with Crippen LogP contribution in [-0.4, -0.2) is 28.6 Å². The first-order valence-electron chi connectivity index (χ1n) is 9.18. The molecule has 3 heteroatoms. The van der Waals surface area contributed by atoms with E-state index in [0.29, 0.717) is 0 Å². The fourth-order valence-electron chi connectivity index (χ4n) is 3.84. The second kappa shape index (κ2) is 7.06. The van der Waals surface area contributed by atoms with E-state index in [2.05, 4.69) is 81.4 Å². The van der Waals surface area contributed by atoms with Crippen molar-refractivity contribution in [2.24, 2.45) is 5.41 Å². The third-order valence-electron chi connectivity index (χ3n) is 5.42. The van der Waals surface area contributed by atoms with E-state index in [9.17, 15) is 0 Å². The van der Waals surface area contributed by atoms with Crippen molar-refractivity contribution >= 4 is 18.7 Å². The smallest absolute Gasteiger partial charge is 0.261 e. The summed E-state index contributed by atoms with van der Waals surface area (Å²) in [6.07, 6.45) is 2.41. The molecule has 1 saturated carbocycles. The number of ether oxygens (including phenoxy) is 1. The molecule has 0 saturated heterocycles. The van der Waals surface area contributed by atoms with Crippen LogP contribution in [0, 0.1) is 5.41 Å². The van der Waals surface area contributed by atoms with Crippen molar-refractivity contribution in [1.29, 1.82) is 0 Å².